The summed E-state index contributed by atoms with van der Waals surface area (Å²) in [5, 5.41) is 0. The minimum absolute atomic E-state index is 0.297. The molecule has 0 aliphatic heterocycles. The molecule has 0 saturated carbocycles. The molecule has 4 heteroatoms. The van der Waals surface area contributed by atoms with Crippen LogP contribution in [0.15, 0.2) is 22.9 Å². The first-order chi connectivity index (χ1) is 6.63. The van der Waals surface area contributed by atoms with Crippen molar-refractivity contribution in [1.82, 2.24) is 10.4 Å². The van der Waals surface area contributed by atoms with Crippen LogP contribution in [0.25, 0.3) is 0 Å². The summed E-state index contributed by atoms with van der Waals surface area (Å²) in [7, 11) is 0. The SMILES string of the molecule is CC(C)C(Cc1cncc(Br)c1)NN. The fourth-order valence-corrected chi connectivity index (χ4v) is 1.72. The maximum atomic E-state index is 5.48. The van der Waals surface area contributed by atoms with E-state index in [0.29, 0.717) is 12.0 Å². The van der Waals surface area contributed by atoms with E-state index in [1.807, 2.05) is 6.20 Å². The highest BCUT2D eigenvalue weighted by molar-refractivity contribution is 9.10. The lowest BCUT2D eigenvalue weighted by Crippen LogP contribution is -2.40. The van der Waals surface area contributed by atoms with Gasteiger partial charge in [-0.15, -0.1) is 0 Å². The van der Waals surface area contributed by atoms with Crippen molar-refractivity contribution >= 4 is 15.9 Å². The molecule has 0 spiro atoms. The molecule has 1 heterocycles. The zero-order valence-electron chi connectivity index (χ0n) is 8.50. The van der Waals surface area contributed by atoms with Gasteiger partial charge in [-0.1, -0.05) is 13.8 Å². The Hall–Kier alpha value is -0.450. The Kier molecular flexibility index (Phi) is 4.51. The molecule has 0 bridgehead atoms. The van der Waals surface area contributed by atoms with Crippen molar-refractivity contribution in [1.29, 1.82) is 0 Å². The Morgan fingerprint density at radius 3 is 2.71 bits per heavy atom. The number of hydrogen-bond acceptors (Lipinski definition) is 3. The third kappa shape index (κ3) is 3.36. The molecule has 0 aliphatic carbocycles. The number of hydrogen-bond donors (Lipinski definition) is 2. The number of nitrogens with zero attached hydrogens (tertiary/aromatic N) is 1. The Balaban J connectivity index is 2.67. The third-order valence-electron chi connectivity index (χ3n) is 2.24. The third-order valence-corrected chi connectivity index (χ3v) is 2.67. The van der Waals surface area contributed by atoms with Crippen LogP contribution in [0.2, 0.25) is 0 Å². The molecular weight excluding hydrogens is 242 g/mol. The highest BCUT2D eigenvalue weighted by atomic mass is 79.9. The Bertz CT molecular complexity index is 288. The topological polar surface area (TPSA) is 50.9 Å². The zero-order chi connectivity index (χ0) is 10.6. The first kappa shape index (κ1) is 11.6. The molecule has 0 radical (unpaired) electrons. The second-order valence-corrected chi connectivity index (χ2v) is 4.65. The quantitative estimate of drug-likeness (QED) is 0.640. The van der Waals surface area contributed by atoms with E-state index in [9.17, 15) is 0 Å². The molecule has 0 saturated heterocycles. The molecular formula is C10H16BrN3. The van der Waals surface area contributed by atoms with Gasteiger partial charge in [-0.2, -0.15) is 0 Å². The largest absolute Gasteiger partial charge is 0.271 e. The van der Waals surface area contributed by atoms with Gasteiger partial charge in [0.25, 0.3) is 0 Å². The Morgan fingerprint density at radius 1 is 1.50 bits per heavy atom. The van der Waals surface area contributed by atoms with Crippen LogP contribution >= 0.6 is 15.9 Å². The summed E-state index contributed by atoms with van der Waals surface area (Å²) in [6.07, 6.45) is 4.56. The Labute approximate surface area is 93.2 Å². The second kappa shape index (κ2) is 5.44. The van der Waals surface area contributed by atoms with Crippen molar-refractivity contribution < 1.29 is 0 Å². The van der Waals surface area contributed by atoms with E-state index < -0.39 is 0 Å². The van der Waals surface area contributed by atoms with Crippen molar-refractivity contribution in [2.45, 2.75) is 26.3 Å². The van der Waals surface area contributed by atoms with E-state index in [-0.39, 0.29) is 0 Å². The number of hydrazine groups is 1. The fourth-order valence-electron chi connectivity index (χ4n) is 1.31. The molecule has 3 nitrogen and oxygen atoms in total. The van der Waals surface area contributed by atoms with E-state index >= 15 is 0 Å². The van der Waals surface area contributed by atoms with Gasteiger partial charge in [-0.3, -0.25) is 16.3 Å². The monoisotopic (exact) mass is 257 g/mol. The van der Waals surface area contributed by atoms with Crippen LogP contribution in [0.4, 0.5) is 0 Å². The molecule has 1 unspecified atom stereocenters. The molecule has 1 rings (SSSR count). The van der Waals surface area contributed by atoms with Gasteiger partial charge >= 0.3 is 0 Å². The molecule has 1 aromatic rings. The second-order valence-electron chi connectivity index (χ2n) is 3.73. The lowest BCUT2D eigenvalue weighted by atomic mass is 9.98. The normalized spacial score (nSPS) is 13.2. The van der Waals surface area contributed by atoms with Gasteiger partial charge in [0.2, 0.25) is 0 Å². The zero-order valence-corrected chi connectivity index (χ0v) is 10.1. The first-order valence-electron chi connectivity index (χ1n) is 4.69. The van der Waals surface area contributed by atoms with E-state index in [1.54, 1.807) is 6.20 Å². The standard InChI is InChI=1S/C10H16BrN3/c1-7(2)10(14-12)4-8-3-9(11)6-13-5-8/h3,5-7,10,14H,4,12H2,1-2H3. The number of aromatic nitrogens is 1. The van der Waals surface area contributed by atoms with Crippen molar-refractivity contribution in [3.63, 3.8) is 0 Å². The van der Waals surface area contributed by atoms with Gasteiger partial charge in [0, 0.05) is 22.9 Å². The maximum Gasteiger partial charge on any atom is 0.0410 e. The average molecular weight is 258 g/mol. The number of rotatable bonds is 4. The number of pyridine rings is 1. The fraction of sp³-hybridized carbons (Fsp3) is 0.500. The average Bonchev–Trinajstić information content (AvgIpc) is 2.14. The highest BCUT2D eigenvalue weighted by Crippen LogP contribution is 2.13. The summed E-state index contributed by atoms with van der Waals surface area (Å²) in [5.41, 5.74) is 4.02. The van der Waals surface area contributed by atoms with Gasteiger partial charge in [0.15, 0.2) is 0 Å². The summed E-state index contributed by atoms with van der Waals surface area (Å²) in [6, 6.07) is 2.37. The van der Waals surface area contributed by atoms with Gasteiger partial charge < -0.3 is 0 Å². The summed E-state index contributed by atoms with van der Waals surface area (Å²) < 4.78 is 1.01. The van der Waals surface area contributed by atoms with Crippen LogP contribution in [0.3, 0.4) is 0 Å². The first-order valence-corrected chi connectivity index (χ1v) is 5.48. The van der Waals surface area contributed by atoms with E-state index in [1.165, 1.54) is 5.56 Å². The number of nitrogens with two attached hydrogens (primary N) is 1. The molecule has 14 heavy (non-hydrogen) atoms. The summed E-state index contributed by atoms with van der Waals surface area (Å²) in [4.78, 5) is 4.12. The number of halogens is 1. The van der Waals surface area contributed by atoms with Crippen molar-refractivity contribution in [2.75, 3.05) is 0 Å². The van der Waals surface area contributed by atoms with Crippen LogP contribution in [0.5, 0.6) is 0 Å². The van der Waals surface area contributed by atoms with E-state index in [0.717, 1.165) is 10.9 Å². The van der Waals surface area contributed by atoms with Crippen LogP contribution < -0.4 is 11.3 Å². The van der Waals surface area contributed by atoms with E-state index in [2.05, 4.69) is 46.3 Å². The maximum absolute atomic E-state index is 5.48. The van der Waals surface area contributed by atoms with Crippen molar-refractivity contribution in [3.05, 3.63) is 28.5 Å². The lowest BCUT2D eigenvalue weighted by molar-refractivity contribution is 0.404. The molecule has 1 atom stereocenters. The molecule has 0 fully saturated rings. The van der Waals surface area contributed by atoms with Gasteiger partial charge in [0.1, 0.15) is 0 Å². The predicted molar refractivity (Wildman–Crippen MR) is 61.6 cm³/mol. The van der Waals surface area contributed by atoms with Crippen molar-refractivity contribution in [2.24, 2.45) is 11.8 Å². The molecule has 78 valence electrons. The molecule has 3 N–H and O–H groups in total. The highest BCUT2D eigenvalue weighted by Gasteiger charge is 2.11. The van der Waals surface area contributed by atoms with Crippen molar-refractivity contribution in [3.8, 4) is 0 Å². The van der Waals surface area contributed by atoms with Gasteiger partial charge in [-0.05, 0) is 39.9 Å². The molecule has 1 aromatic heterocycles. The Morgan fingerprint density at radius 2 is 2.21 bits per heavy atom. The number of nitrogens with one attached hydrogen (secondary N) is 1. The van der Waals surface area contributed by atoms with Crippen LogP contribution in [0.1, 0.15) is 19.4 Å². The minimum atomic E-state index is 0.297. The molecule has 0 amide bonds. The summed E-state index contributed by atoms with van der Waals surface area (Å²) in [5.74, 6) is 5.99. The molecule has 0 aliphatic rings. The predicted octanol–water partition coefficient (Wildman–Crippen LogP) is 1.87. The van der Waals surface area contributed by atoms with E-state index in [4.69, 9.17) is 5.84 Å². The van der Waals surface area contributed by atoms with Crippen LogP contribution in [0, 0.1) is 5.92 Å². The van der Waals surface area contributed by atoms with Gasteiger partial charge in [-0.25, -0.2) is 0 Å². The minimum Gasteiger partial charge on any atom is -0.271 e. The smallest absolute Gasteiger partial charge is 0.0410 e. The lowest BCUT2D eigenvalue weighted by Gasteiger charge is -2.19. The van der Waals surface area contributed by atoms with Gasteiger partial charge in [0.05, 0.1) is 0 Å². The van der Waals surface area contributed by atoms with Crippen LogP contribution in [-0.4, -0.2) is 11.0 Å². The van der Waals surface area contributed by atoms with Crippen LogP contribution in [-0.2, 0) is 6.42 Å². The molecule has 0 aromatic carbocycles. The summed E-state index contributed by atoms with van der Waals surface area (Å²) >= 11 is 3.40. The summed E-state index contributed by atoms with van der Waals surface area (Å²) in [6.45, 7) is 4.30.